The lowest BCUT2D eigenvalue weighted by Crippen LogP contribution is -2.26. The monoisotopic (exact) mass is 174 g/mol. The maximum atomic E-state index is 10.2. The van der Waals surface area contributed by atoms with Gasteiger partial charge in [0, 0.05) is 12.0 Å². The van der Waals surface area contributed by atoms with E-state index < -0.39 is 24.0 Å². The zero-order valence-corrected chi connectivity index (χ0v) is 6.47. The number of aliphatic carboxylic acids is 2. The molecular formula is C7H10O5. The Balaban J connectivity index is 4.12. The Hall–Kier alpha value is -1.36. The third kappa shape index (κ3) is 3.72. The first kappa shape index (κ1) is 10.6. The Labute approximate surface area is 68.9 Å². The molecule has 0 saturated carbocycles. The third-order valence-electron chi connectivity index (χ3n) is 1.29. The quantitative estimate of drug-likeness (QED) is 0.509. The van der Waals surface area contributed by atoms with E-state index in [2.05, 4.69) is 0 Å². The Kier molecular flexibility index (Phi) is 3.99. The highest BCUT2D eigenvalue weighted by atomic mass is 16.4. The smallest absolute Gasteiger partial charge is 0.333 e. The first-order chi connectivity index (χ1) is 5.45. The number of carbonyl (C=O) groups is 2. The van der Waals surface area contributed by atoms with Crippen LogP contribution in [0.1, 0.15) is 6.92 Å². The minimum Gasteiger partial charge on any atom is -0.479 e. The van der Waals surface area contributed by atoms with Crippen LogP contribution in [0.3, 0.4) is 0 Å². The minimum atomic E-state index is -1.56. The van der Waals surface area contributed by atoms with Gasteiger partial charge in [-0.1, -0.05) is 13.0 Å². The summed E-state index contributed by atoms with van der Waals surface area (Å²) in [5.41, 5.74) is 0. The van der Waals surface area contributed by atoms with Gasteiger partial charge in [-0.3, -0.25) is 0 Å². The molecular weight excluding hydrogens is 164 g/mol. The lowest BCUT2D eigenvalue weighted by Gasteiger charge is -2.08. The minimum absolute atomic E-state index is 0.710. The Morgan fingerprint density at radius 3 is 2.17 bits per heavy atom. The molecule has 2 unspecified atom stereocenters. The van der Waals surface area contributed by atoms with Gasteiger partial charge < -0.3 is 15.3 Å². The van der Waals surface area contributed by atoms with Gasteiger partial charge >= 0.3 is 11.9 Å². The van der Waals surface area contributed by atoms with Gasteiger partial charge in [-0.25, -0.2) is 9.59 Å². The average Bonchev–Trinajstić information content (AvgIpc) is 1.98. The molecule has 5 nitrogen and oxygen atoms in total. The number of hydrogen-bond donors (Lipinski definition) is 3. The highest BCUT2D eigenvalue weighted by Crippen LogP contribution is 2.04. The van der Waals surface area contributed by atoms with Crippen LogP contribution in [0.15, 0.2) is 12.2 Å². The first-order valence-electron chi connectivity index (χ1n) is 3.27. The molecule has 0 amide bonds. The predicted octanol–water partition coefficient (Wildman–Crippen LogP) is -0.291. The number of hydrogen-bond acceptors (Lipinski definition) is 3. The summed E-state index contributed by atoms with van der Waals surface area (Å²) in [6.07, 6.45) is 0.374. The van der Waals surface area contributed by atoms with Gasteiger partial charge in [0.05, 0.1) is 0 Å². The standard InChI is InChI=1S/C7H10O5/c1-4(2-3-5(8)9)6(10)7(11)12/h2-4,6,10H,1H3,(H,8,9)(H,11,12)/b3-2+. The SMILES string of the molecule is CC(/C=C/C(=O)O)C(O)C(=O)O. The van der Waals surface area contributed by atoms with Gasteiger partial charge in [0.25, 0.3) is 0 Å². The second-order valence-electron chi connectivity index (χ2n) is 2.34. The van der Waals surface area contributed by atoms with E-state index in [0.29, 0.717) is 0 Å². The van der Waals surface area contributed by atoms with Crippen LogP contribution in [-0.2, 0) is 9.59 Å². The van der Waals surface area contributed by atoms with E-state index in [4.69, 9.17) is 15.3 Å². The largest absolute Gasteiger partial charge is 0.479 e. The molecule has 0 rings (SSSR count). The summed E-state index contributed by atoms with van der Waals surface area (Å²) in [6, 6.07) is 0. The van der Waals surface area contributed by atoms with Crippen molar-refractivity contribution in [2.75, 3.05) is 0 Å². The van der Waals surface area contributed by atoms with Gasteiger partial charge in [0.2, 0.25) is 0 Å². The van der Waals surface area contributed by atoms with E-state index in [-0.39, 0.29) is 0 Å². The van der Waals surface area contributed by atoms with Crippen molar-refractivity contribution in [1.29, 1.82) is 0 Å². The van der Waals surface area contributed by atoms with E-state index in [0.717, 1.165) is 12.2 Å². The second-order valence-corrected chi connectivity index (χ2v) is 2.34. The molecule has 0 aromatic heterocycles. The molecule has 5 heteroatoms. The van der Waals surface area contributed by atoms with Crippen molar-refractivity contribution in [2.45, 2.75) is 13.0 Å². The van der Waals surface area contributed by atoms with Gasteiger partial charge in [0.15, 0.2) is 6.10 Å². The summed E-state index contributed by atoms with van der Waals surface area (Å²) in [4.78, 5) is 20.1. The van der Waals surface area contributed by atoms with E-state index in [1.165, 1.54) is 6.92 Å². The van der Waals surface area contributed by atoms with E-state index in [1.54, 1.807) is 0 Å². The van der Waals surface area contributed by atoms with Crippen LogP contribution in [0.5, 0.6) is 0 Å². The number of aliphatic hydroxyl groups excluding tert-OH is 1. The number of carboxylic acid groups (broad SMARTS) is 2. The van der Waals surface area contributed by atoms with Crippen LogP contribution in [0.4, 0.5) is 0 Å². The fraction of sp³-hybridized carbons (Fsp3) is 0.429. The van der Waals surface area contributed by atoms with Crippen molar-refractivity contribution in [3.8, 4) is 0 Å². The molecule has 12 heavy (non-hydrogen) atoms. The van der Waals surface area contributed by atoms with Crippen LogP contribution >= 0.6 is 0 Å². The molecule has 68 valence electrons. The molecule has 0 aromatic rings. The fourth-order valence-electron chi connectivity index (χ4n) is 0.564. The maximum absolute atomic E-state index is 10.2. The van der Waals surface area contributed by atoms with E-state index >= 15 is 0 Å². The van der Waals surface area contributed by atoms with Gasteiger partial charge in [-0.2, -0.15) is 0 Å². The van der Waals surface area contributed by atoms with Gasteiger partial charge in [0.1, 0.15) is 0 Å². The van der Waals surface area contributed by atoms with Gasteiger partial charge in [-0.15, -0.1) is 0 Å². The van der Waals surface area contributed by atoms with Crippen LogP contribution in [0.2, 0.25) is 0 Å². The topological polar surface area (TPSA) is 94.8 Å². The molecule has 3 N–H and O–H groups in total. The number of carboxylic acids is 2. The predicted molar refractivity (Wildman–Crippen MR) is 39.6 cm³/mol. The highest BCUT2D eigenvalue weighted by Gasteiger charge is 2.18. The van der Waals surface area contributed by atoms with Crippen LogP contribution in [-0.4, -0.2) is 33.4 Å². The van der Waals surface area contributed by atoms with Crippen molar-refractivity contribution < 1.29 is 24.9 Å². The van der Waals surface area contributed by atoms with Crippen LogP contribution in [0, 0.1) is 5.92 Å². The highest BCUT2D eigenvalue weighted by molar-refractivity contribution is 5.80. The number of rotatable bonds is 4. The fourth-order valence-corrected chi connectivity index (χ4v) is 0.564. The zero-order valence-electron chi connectivity index (χ0n) is 6.47. The maximum Gasteiger partial charge on any atom is 0.333 e. The molecule has 0 spiro atoms. The first-order valence-corrected chi connectivity index (χ1v) is 3.27. The summed E-state index contributed by atoms with van der Waals surface area (Å²) >= 11 is 0. The second kappa shape index (κ2) is 4.50. The number of aliphatic hydroxyl groups is 1. The molecule has 0 fully saturated rings. The van der Waals surface area contributed by atoms with Crippen molar-refractivity contribution >= 4 is 11.9 Å². The average molecular weight is 174 g/mol. The Morgan fingerprint density at radius 1 is 1.33 bits per heavy atom. The lowest BCUT2D eigenvalue weighted by atomic mass is 10.1. The zero-order chi connectivity index (χ0) is 9.72. The Bertz CT molecular complexity index is 208. The van der Waals surface area contributed by atoms with Gasteiger partial charge in [-0.05, 0) is 0 Å². The molecule has 0 aliphatic carbocycles. The molecule has 0 heterocycles. The normalized spacial score (nSPS) is 15.8. The van der Waals surface area contributed by atoms with Crippen molar-refractivity contribution in [1.82, 2.24) is 0 Å². The molecule has 0 bridgehead atoms. The summed E-state index contributed by atoms with van der Waals surface area (Å²) in [7, 11) is 0. The summed E-state index contributed by atoms with van der Waals surface area (Å²) in [5, 5.41) is 25.3. The van der Waals surface area contributed by atoms with Crippen LogP contribution < -0.4 is 0 Å². The van der Waals surface area contributed by atoms with Crippen molar-refractivity contribution in [3.63, 3.8) is 0 Å². The van der Waals surface area contributed by atoms with Crippen molar-refractivity contribution in [2.24, 2.45) is 5.92 Å². The molecule has 0 aliphatic rings. The van der Waals surface area contributed by atoms with E-state index in [9.17, 15) is 9.59 Å². The molecule has 0 aromatic carbocycles. The third-order valence-corrected chi connectivity index (χ3v) is 1.29. The lowest BCUT2D eigenvalue weighted by molar-refractivity contribution is -0.148. The molecule has 2 atom stereocenters. The molecule has 0 saturated heterocycles. The summed E-state index contributed by atoms with van der Waals surface area (Å²) < 4.78 is 0. The molecule has 0 aliphatic heterocycles. The molecule has 0 radical (unpaired) electrons. The van der Waals surface area contributed by atoms with E-state index in [1.807, 2.05) is 0 Å². The summed E-state index contributed by atoms with van der Waals surface area (Å²) in [5.74, 6) is -3.24. The summed E-state index contributed by atoms with van der Waals surface area (Å²) in [6.45, 7) is 1.41. The van der Waals surface area contributed by atoms with Crippen molar-refractivity contribution in [3.05, 3.63) is 12.2 Å². The van der Waals surface area contributed by atoms with Crippen LogP contribution in [0.25, 0.3) is 0 Å². The Morgan fingerprint density at radius 2 is 1.83 bits per heavy atom.